The van der Waals surface area contributed by atoms with Gasteiger partial charge >= 0.3 is 0 Å². The van der Waals surface area contributed by atoms with Crippen molar-refractivity contribution in [2.75, 3.05) is 7.11 Å². The number of rotatable bonds is 8. The molecule has 0 bridgehead atoms. The topological polar surface area (TPSA) is 64.6 Å². The van der Waals surface area contributed by atoms with Crippen molar-refractivity contribution in [3.8, 4) is 11.5 Å². The van der Waals surface area contributed by atoms with E-state index in [0.29, 0.717) is 12.4 Å². The number of nitrogens with one attached hydrogen (secondary N) is 1. The van der Waals surface area contributed by atoms with Gasteiger partial charge in [-0.05, 0) is 47.5 Å². The summed E-state index contributed by atoms with van der Waals surface area (Å²) in [6.07, 6.45) is 0. The Hall–Kier alpha value is -2.83. The smallest absolute Gasteiger partial charge is 0.240 e. The summed E-state index contributed by atoms with van der Waals surface area (Å²) < 4.78 is 38.5. The highest BCUT2D eigenvalue weighted by Crippen LogP contribution is 2.17. The number of ether oxygens (including phenoxy) is 2. The second kappa shape index (κ2) is 8.70. The predicted molar refractivity (Wildman–Crippen MR) is 104 cm³/mol. The maximum atomic E-state index is 12.5. The van der Waals surface area contributed by atoms with Gasteiger partial charge in [-0.25, -0.2) is 13.1 Å². The molecule has 140 valence electrons. The normalized spacial score (nSPS) is 11.1. The molecular formula is C21H21NO4S. The van der Waals surface area contributed by atoms with E-state index in [2.05, 4.69) is 4.72 Å². The molecule has 0 radical (unpaired) electrons. The van der Waals surface area contributed by atoms with E-state index in [1.165, 1.54) is 19.2 Å². The minimum absolute atomic E-state index is 0.183. The Morgan fingerprint density at radius 1 is 0.778 bits per heavy atom. The molecule has 0 aliphatic rings. The van der Waals surface area contributed by atoms with E-state index in [9.17, 15) is 8.42 Å². The van der Waals surface area contributed by atoms with Gasteiger partial charge in [0.25, 0.3) is 0 Å². The van der Waals surface area contributed by atoms with Crippen LogP contribution in [0.5, 0.6) is 11.5 Å². The molecule has 0 unspecified atom stereocenters. The van der Waals surface area contributed by atoms with Gasteiger partial charge in [0, 0.05) is 6.54 Å². The molecule has 0 spiro atoms. The predicted octanol–water partition coefficient (Wildman–Crippen LogP) is 3.75. The third kappa shape index (κ3) is 5.09. The van der Waals surface area contributed by atoms with Crippen molar-refractivity contribution in [1.82, 2.24) is 4.72 Å². The molecule has 3 aromatic carbocycles. The molecule has 27 heavy (non-hydrogen) atoms. The zero-order chi connectivity index (χ0) is 19.1. The lowest BCUT2D eigenvalue weighted by Crippen LogP contribution is -2.24. The quantitative estimate of drug-likeness (QED) is 0.643. The van der Waals surface area contributed by atoms with Gasteiger partial charge in [-0.2, -0.15) is 0 Å². The third-order valence-corrected chi connectivity index (χ3v) is 5.50. The van der Waals surface area contributed by atoms with Crippen LogP contribution in [0.3, 0.4) is 0 Å². The van der Waals surface area contributed by atoms with E-state index in [4.69, 9.17) is 9.47 Å². The highest BCUT2D eigenvalue weighted by atomic mass is 32.2. The van der Waals surface area contributed by atoms with Gasteiger partial charge in [0.05, 0.1) is 12.0 Å². The van der Waals surface area contributed by atoms with Crippen LogP contribution in [0.15, 0.2) is 83.8 Å². The molecule has 0 fully saturated rings. The fraction of sp³-hybridized carbons (Fsp3) is 0.143. The average Bonchev–Trinajstić information content (AvgIpc) is 2.72. The molecule has 3 aromatic rings. The van der Waals surface area contributed by atoms with Gasteiger partial charge in [-0.3, -0.25) is 0 Å². The zero-order valence-electron chi connectivity index (χ0n) is 15.0. The fourth-order valence-electron chi connectivity index (χ4n) is 2.56. The SMILES string of the molecule is COc1ccc(S(=O)(=O)NCc2ccccc2COc2ccccc2)cc1. The molecule has 0 amide bonds. The highest BCUT2D eigenvalue weighted by molar-refractivity contribution is 7.89. The minimum atomic E-state index is -3.61. The molecule has 5 nitrogen and oxygen atoms in total. The molecule has 0 aromatic heterocycles. The average molecular weight is 383 g/mol. The number of methoxy groups -OCH3 is 1. The van der Waals surface area contributed by atoms with Gasteiger partial charge in [0.1, 0.15) is 18.1 Å². The monoisotopic (exact) mass is 383 g/mol. The maximum absolute atomic E-state index is 12.5. The summed E-state index contributed by atoms with van der Waals surface area (Å²) >= 11 is 0. The van der Waals surface area contributed by atoms with Crippen molar-refractivity contribution < 1.29 is 17.9 Å². The lowest BCUT2D eigenvalue weighted by atomic mass is 10.1. The Morgan fingerprint density at radius 3 is 2.07 bits per heavy atom. The summed E-state index contributed by atoms with van der Waals surface area (Å²) in [6.45, 7) is 0.549. The zero-order valence-corrected chi connectivity index (χ0v) is 15.8. The van der Waals surface area contributed by atoms with Crippen molar-refractivity contribution in [2.45, 2.75) is 18.0 Å². The van der Waals surface area contributed by atoms with Crippen LogP contribution in [-0.4, -0.2) is 15.5 Å². The number of hydrogen-bond donors (Lipinski definition) is 1. The van der Waals surface area contributed by atoms with Crippen LogP contribution in [0.1, 0.15) is 11.1 Å². The van der Waals surface area contributed by atoms with Crippen molar-refractivity contribution in [1.29, 1.82) is 0 Å². The van der Waals surface area contributed by atoms with E-state index in [0.717, 1.165) is 16.9 Å². The van der Waals surface area contributed by atoms with E-state index in [-0.39, 0.29) is 11.4 Å². The van der Waals surface area contributed by atoms with Crippen LogP contribution in [0.4, 0.5) is 0 Å². The molecule has 0 aliphatic carbocycles. The van der Waals surface area contributed by atoms with E-state index < -0.39 is 10.0 Å². The number of para-hydroxylation sites is 1. The fourth-order valence-corrected chi connectivity index (χ4v) is 3.57. The molecule has 3 rings (SSSR count). The maximum Gasteiger partial charge on any atom is 0.240 e. The third-order valence-electron chi connectivity index (χ3n) is 4.08. The molecule has 0 saturated carbocycles. The van der Waals surface area contributed by atoms with E-state index >= 15 is 0 Å². The first kappa shape index (κ1) is 18.9. The second-order valence-corrected chi connectivity index (χ2v) is 7.64. The highest BCUT2D eigenvalue weighted by Gasteiger charge is 2.14. The van der Waals surface area contributed by atoms with Crippen LogP contribution >= 0.6 is 0 Å². The first-order chi connectivity index (χ1) is 13.1. The summed E-state index contributed by atoms with van der Waals surface area (Å²) in [4.78, 5) is 0.196. The Morgan fingerprint density at radius 2 is 1.41 bits per heavy atom. The van der Waals surface area contributed by atoms with Gasteiger partial charge in [0.15, 0.2) is 0 Å². The van der Waals surface area contributed by atoms with Crippen molar-refractivity contribution >= 4 is 10.0 Å². The molecule has 6 heteroatoms. The van der Waals surface area contributed by atoms with Gasteiger partial charge in [-0.1, -0.05) is 42.5 Å². The second-order valence-electron chi connectivity index (χ2n) is 5.87. The van der Waals surface area contributed by atoms with Crippen LogP contribution < -0.4 is 14.2 Å². The van der Waals surface area contributed by atoms with Gasteiger partial charge in [0.2, 0.25) is 10.0 Å². The molecule has 0 saturated heterocycles. The largest absolute Gasteiger partial charge is 0.497 e. The Kier molecular flexibility index (Phi) is 6.11. The van der Waals surface area contributed by atoms with Crippen LogP contribution in [0.2, 0.25) is 0 Å². The van der Waals surface area contributed by atoms with Crippen molar-refractivity contribution in [2.24, 2.45) is 0 Å². The first-order valence-corrected chi connectivity index (χ1v) is 9.95. The van der Waals surface area contributed by atoms with Crippen molar-refractivity contribution in [3.05, 3.63) is 90.0 Å². The lowest BCUT2D eigenvalue weighted by molar-refractivity contribution is 0.305. The minimum Gasteiger partial charge on any atom is -0.497 e. The number of hydrogen-bond acceptors (Lipinski definition) is 4. The van der Waals surface area contributed by atoms with E-state index in [1.54, 1.807) is 12.1 Å². The Labute approximate surface area is 159 Å². The lowest BCUT2D eigenvalue weighted by Gasteiger charge is -2.12. The van der Waals surface area contributed by atoms with Crippen LogP contribution in [0.25, 0.3) is 0 Å². The molecule has 0 atom stereocenters. The molecule has 1 N–H and O–H groups in total. The summed E-state index contributed by atoms with van der Waals surface area (Å²) in [5, 5.41) is 0. The van der Waals surface area contributed by atoms with Gasteiger partial charge in [-0.15, -0.1) is 0 Å². The van der Waals surface area contributed by atoms with Crippen LogP contribution in [-0.2, 0) is 23.2 Å². The summed E-state index contributed by atoms with van der Waals surface area (Å²) in [5.41, 5.74) is 1.80. The summed E-state index contributed by atoms with van der Waals surface area (Å²) in [7, 11) is -2.08. The summed E-state index contributed by atoms with van der Waals surface area (Å²) in [6, 6.07) is 23.4. The standard InChI is InChI=1S/C21H21NO4S/c1-25-19-11-13-21(14-12-19)27(23,24)22-15-17-7-5-6-8-18(17)16-26-20-9-3-2-4-10-20/h2-14,22H,15-16H2,1H3. The molecule has 0 heterocycles. The van der Waals surface area contributed by atoms with Gasteiger partial charge < -0.3 is 9.47 Å². The Balaban J connectivity index is 1.68. The molecular weight excluding hydrogens is 362 g/mol. The molecule has 0 aliphatic heterocycles. The number of sulfonamides is 1. The summed E-state index contributed by atoms with van der Waals surface area (Å²) in [5.74, 6) is 1.38. The number of benzene rings is 3. The van der Waals surface area contributed by atoms with Crippen LogP contribution in [0, 0.1) is 0 Å². The first-order valence-electron chi connectivity index (χ1n) is 8.47. The Bertz CT molecular complexity index is 971. The van der Waals surface area contributed by atoms with Crippen molar-refractivity contribution in [3.63, 3.8) is 0 Å². The van der Waals surface area contributed by atoms with E-state index in [1.807, 2.05) is 54.6 Å².